The van der Waals surface area contributed by atoms with Gasteiger partial charge in [0, 0.05) is 28.6 Å². The molecule has 0 heterocycles. The average molecular weight is 390 g/mol. The molecule has 0 atom stereocenters. The summed E-state index contributed by atoms with van der Waals surface area (Å²) in [5.41, 5.74) is 3.36. The van der Waals surface area contributed by atoms with Crippen LogP contribution in [0.1, 0.15) is 22.3 Å². The standard InChI is InChI=1S/C17H16BrN3O3/c18-14-6-7-15(22)13(10-14)11-20-21-16(23)8-9-19-17(24)12-4-2-1-3-5-12/h1-7,10-11,22H,8-9H2,(H,19,24)(H,21,23)/b20-11-. The summed E-state index contributed by atoms with van der Waals surface area (Å²) in [6, 6.07) is 13.7. The summed E-state index contributed by atoms with van der Waals surface area (Å²) in [6.07, 6.45) is 1.45. The number of halogens is 1. The van der Waals surface area contributed by atoms with Crippen LogP contribution in [0.3, 0.4) is 0 Å². The number of carbonyl (C=O) groups is 2. The fourth-order valence-electron chi connectivity index (χ4n) is 1.84. The lowest BCUT2D eigenvalue weighted by Gasteiger charge is -2.04. The maximum atomic E-state index is 11.8. The van der Waals surface area contributed by atoms with Crippen molar-refractivity contribution in [1.29, 1.82) is 0 Å². The quantitative estimate of drug-likeness (QED) is 0.523. The van der Waals surface area contributed by atoms with Crippen molar-refractivity contribution < 1.29 is 14.7 Å². The number of benzene rings is 2. The average Bonchev–Trinajstić information content (AvgIpc) is 2.58. The van der Waals surface area contributed by atoms with E-state index in [2.05, 4.69) is 31.8 Å². The fraction of sp³-hybridized carbons (Fsp3) is 0.118. The minimum Gasteiger partial charge on any atom is -0.507 e. The number of aromatic hydroxyl groups is 1. The summed E-state index contributed by atoms with van der Waals surface area (Å²) in [4.78, 5) is 23.4. The number of carbonyl (C=O) groups excluding carboxylic acids is 2. The summed E-state index contributed by atoms with van der Waals surface area (Å²) < 4.78 is 0.789. The Morgan fingerprint density at radius 1 is 1.17 bits per heavy atom. The Hall–Kier alpha value is -2.67. The lowest BCUT2D eigenvalue weighted by atomic mass is 10.2. The number of phenolic OH excluding ortho intramolecular Hbond substituents is 1. The van der Waals surface area contributed by atoms with E-state index >= 15 is 0 Å². The van der Waals surface area contributed by atoms with Crippen LogP contribution in [0.25, 0.3) is 0 Å². The van der Waals surface area contributed by atoms with Gasteiger partial charge in [-0.15, -0.1) is 0 Å². The Kier molecular flexibility index (Phi) is 6.51. The molecule has 2 aromatic rings. The van der Waals surface area contributed by atoms with Crippen LogP contribution in [0, 0.1) is 0 Å². The van der Waals surface area contributed by atoms with E-state index in [1.165, 1.54) is 12.3 Å². The third-order valence-corrected chi connectivity index (χ3v) is 3.55. The maximum Gasteiger partial charge on any atom is 0.251 e. The van der Waals surface area contributed by atoms with E-state index < -0.39 is 0 Å². The molecule has 2 aromatic carbocycles. The van der Waals surface area contributed by atoms with Gasteiger partial charge in [-0.25, -0.2) is 5.43 Å². The Balaban J connectivity index is 1.74. The van der Waals surface area contributed by atoms with Crippen LogP contribution in [0.2, 0.25) is 0 Å². The normalized spacial score (nSPS) is 10.5. The Bertz CT molecular complexity index is 748. The van der Waals surface area contributed by atoms with Gasteiger partial charge in [0.2, 0.25) is 5.91 Å². The molecule has 0 aliphatic heterocycles. The van der Waals surface area contributed by atoms with Gasteiger partial charge in [-0.05, 0) is 30.3 Å². The van der Waals surface area contributed by atoms with Crippen LogP contribution < -0.4 is 10.7 Å². The van der Waals surface area contributed by atoms with Crippen LogP contribution >= 0.6 is 15.9 Å². The molecule has 0 radical (unpaired) electrons. The highest BCUT2D eigenvalue weighted by Crippen LogP contribution is 2.19. The second-order valence-electron chi connectivity index (χ2n) is 4.87. The van der Waals surface area contributed by atoms with E-state index in [1.807, 2.05) is 6.07 Å². The molecular formula is C17H16BrN3O3. The number of nitrogens with one attached hydrogen (secondary N) is 2. The highest BCUT2D eigenvalue weighted by molar-refractivity contribution is 9.10. The highest BCUT2D eigenvalue weighted by atomic mass is 79.9. The van der Waals surface area contributed by atoms with Crippen LogP contribution in [0.15, 0.2) is 58.1 Å². The SMILES string of the molecule is O=C(CCNC(=O)c1ccccc1)N/N=C\c1cc(Br)ccc1O. The Labute approximate surface area is 147 Å². The third-order valence-electron chi connectivity index (χ3n) is 3.06. The van der Waals surface area contributed by atoms with E-state index in [9.17, 15) is 14.7 Å². The summed E-state index contributed by atoms with van der Waals surface area (Å²) in [5.74, 6) is -0.508. The number of hydrazone groups is 1. The molecule has 2 amide bonds. The van der Waals surface area contributed by atoms with Gasteiger partial charge >= 0.3 is 0 Å². The van der Waals surface area contributed by atoms with Gasteiger partial charge in [-0.1, -0.05) is 34.1 Å². The summed E-state index contributed by atoms with van der Waals surface area (Å²) in [6.45, 7) is 0.206. The minimum atomic E-state index is -0.339. The van der Waals surface area contributed by atoms with Gasteiger partial charge in [0.15, 0.2) is 0 Å². The van der Waals surface area contributed by atoms with Gasteiger partial charge in [-0.3, -0.25) is 9.59 Å². The summed E-state index contributed by atoms with van der Waals surface area (Å²) in [7, 11) is 0. The first kappa shape index (κ1) is 17.7. The topological polar surface area (TPSA) is 90.8 Å². The molecule has 0 aliphatic carbocycles. The molecule has 124 valence electrons. The highest BCUT2D eigenvalue weighted by Gasteiger charge is 2.05. The molecule has 0 unspecified atom stereocenters. The molecule has 0 aliphatic rings. The zero-order valence-corrected chi connectivity index (χ0v) is 14.3. The number of phenols is 1. The Morgan fingerprint density at radius 2 is 1.92 bits per heavy atom. The Morgan fingerprint density at radius 3 is 2.67 bits per heavy atom. The largest absolute Gasteiger partial charge is 0.507 e. The molecule has 0 spiro atoms. The molecular weight excluding hydrogens is 374 g/mol. The number of hydrogen-bond donors (Lipinski definition) is 3. The monoisotopic (exact) mass is 389 g/mol. The van der Waals surface area contributed by atoms with Gasteiger partial charge in [0.05, 0.1) is 6.21 Å². The van der Waals surface area contributed by atoms with Crippen LogP contribution in [-0.4, -0.2) is 29.7 Å². The van der Waals surface area contributed by atoms with Crippen molar-refractivity contribution in [2.24, 2.45) is 5.10 Å². The van der Waals surface area contributed by atoms with Gasteiger partial charge in [-0.2, -0.15) is 5.10 Å². The van der Waals surface area contributed by atoms with Crippen molar-refractivity contribution in [2.75, 3.05) is 6.54 Å². The molecule has 0 aromatic heterocycles. The predicted octanol–water partition coefficient (Wildman–Crippen LogP) is 2.42. The van der Waals surface area contributed by atoms with Gasteiger partial charge in [0.1, 0.15) is 5.75 Å². The zero-order valence-electron chi connectivity index (χ0n) is 12.7. The van der Waals surface area contributed by atoms with Gasteiger partial charge in [0.25, 0.3) is 5.91 Å². The number of amides is 2. The minimum absolute atomic E-state index is 0.0614. The molecule has 3 N–H and O–H groups in total. The predicted molar refractivity (Wildman–Crippen MR) is 94.9 cm³/mol. The van der Waals surface area contributed by atoms with Crippen LogP contribution in [-0.2, 0) is 4.79 Å². The lowest BCUT2D eigenvalue weighted by molar-refractivity contribution is -0.120. The van der Waals surface area contributed by atoms with E-state index in [-0.39, 0.29) is 30.5 Å². The number of nitrogens with zero attached hydrogens (tertiary/aromatic N) is 1. The van der Waals surface area contributed by atoms with Crippen molar-refractivity contribution in [3.63, 3.8) is 0 Å². The fourth-order valence-corrected chi connectivity index (χ4v) is 2.22. The molecule has 0 saturated heterocycles. The van der Waals surface area contributed by atoms with Crippen LogP contribution in [0.4, 0.5) is 0 Å². The van der Waals surface area contributed by atoms with E-state index in [4.69, 9.17) is 0 Å². The van der Waals surface area contributed by atoms with Crippen molar-refractivity contribution in [3.8, 4) is 5.75 Å². The van der Waals surface area contributed by atoms with Crippen molar-refractivity contribution in [1.82, 2.24) is 10.7 Å². The number of hydrogen-bond acceptors (Lipinski definition) is 4. The second kappa shape index (κ2) is 8.83. The molecule has 0 saturated carbocycles. The van der Waals surface area contributed by atoms with E-state index in [0.717, 1.165) is 4.47 Å². The van der Waals surface area contributed by atoms with Crippen molar-refractivity contribution in [3.05, 3.63) is 64.1 Å². The molecule has 7 heteroatoms. The first-order valence-corrected chi connectivity index (χ1v) is 7.99. The van der Waals surface area contributed by atoms with E-state index in [1.54, 1.807) is 36.4 Å². The molecule has 0 fully saturated rings. The molecule has 2 rings (SSSR count). The summed E-state index contributed by atoms with van der Waals surface area (Å²) >= 11 is 3.28. The molecule has 24 heavy (non-hydrogen) atoms. The maximum absolute atomic E-state index is 11.8. The summed E-state index contributed by atoms with van der Waals surface area (Å²) in [5, 5.41) is 16.1. The first-order valence-electron chi connectivity index (χ1n) is 7.20. The third kappa shape index (κ3) is 5.51. The van der Waals surface area contributed by atoms with Crippen molar-refractivity contribution >= 4 is 34.0 Å². The molecule has 6 nitrogen and oxygen atoms in total. The first-order chi connectivity index (χ1) is 11.6. The number of rotatable bonds is 6. The van der Waals surface area contributed by atoms with Crippen molar-refractivity contribution in [2.45, 2.75) is 6.42 Å². The second-order valence-corrected chi connectivity index (χ2v) is 5.78. The van der Waals surface area contributed by atoms with Gasteiger partial charge < -0.3 is 10.4 Å². The lowest BCUT2D eigenvalue weighted by Crippen LogP contribution is -2.28. The molecule has 0 bridgehead atoms. The zero-order chi connectivity index (χ0) is 17.4. The van der Waals surface area contributed by atoms with E-state index in [0.29, 0.717) is 11.1 Å². The van der Waals surface area contributed by atoms with Crippen LogP contribution in [0.5, 0.6) is 5.75 Å². The smallest absolute Gasteiger partial charge is 0.251 e.